The van der Waals surface area contributed by atoms with Crippen molar-refractivity contribution in [3.8, 4) is 5.75 Å². The van der Waals surface area contributed by atoms with E-state index in [4.69, 9.17) is 11.6 Å². The molecule has 0 amide bonds. The highest BCUT2D eigenvalue weighted by molar-refractivity contribution is 6.19. The molecule has 1 aromatic rings. The summed E-state index contributed by atoms with van der Waals surface area (Å²) in [5.74, 6) is 0.419. The molecular formula is C10H9ClO2. The Kier molecular flexibility index (Phi) is 3.53. The fourth-order valence-electron chi connectivity index (χ4n) is 0.945. The van der Waals surface area contributed by atoms with Crippen molar-refractivity contribution in [1.82, 2.24) is 0 Å². The number of carbonyl (C=O) groups is 1. The van der Waals surface area contributed by atoms with E-state index in [0.717, 1.165) is 5.56 Å². The Hall–Kier alpha value is -1.28. The molecule has 3 heteroatoms. The van der Waals surface area contributed by atoms with E-state index in [-0.39, 0.29) is 5.75 Å². The molecule has 1 aromatic carbocycles. The molecule has 0 atom stereocenters. The maximum atomic E-state index is 10.4. The average molecular weight is 197 g/mol. The summed E-state index contributed by atoms with van der Waals surface area (Å²) in [6, 6.07) is 4.83. The summed E-state index contributed by atoms with van der Waals surface area (Å²) in [5.41, 5.74) is 1.12. The molecular weight excluding hydrogens is 188 g/mol. The smallest absolute Gasteiger partial charge is 0.153 e. The van der Waals surface area contributed by atoms with E-state index < -0.39 is 0 Å². The van der Waals surface area contributed by atoms with Gasteiger partial charge in [-0.3, -0.25) is 4.79 Å². The lowest BCUT2D eigenvalue weighted by atomic mass is 10.1. The highest BCUT2D eigenvalue weighted by Gasteiger charge is 1.98. The zero-order chi connectivity index (χ0) is 9.68. The molecule has 0 aliphatic heterocycles. The molecule has 0 saturated heterocycles. The van der Waals surface area contributed by atoms with Gasteiger partial charge in [-0.05, 0) is 17.7 Å². The van der Waals surface area contributed by atoms with E-state index in [1.165, 1.54) is 6.07 Å². The van der Waals surface area contributed by atoms with Crippen molar-refractivity contribution in [1.29, 1.82) is 0 Å². The van der Waals surface area contributed by atoms with Crippen LogP contribution < -0.4 is 0 Å². The highest BCUT2D eigenvalue weighted by atomic mass is 35.5. The highest BCUT2D eigenvalue weighted by Crippen LogP contribution is 2.17. The van der Waals surface area contributed by atoms with Crippen molar-refractivity contribution in [2.75, 3.05) is 5.88 Å². The van der Waals surface area contributed by atoms with Gasteiger partial charge in [-0.1, -0.05) is 18.2 Å². The van der Waals surface area contributed by atoms with Crippen LogP contribution in [0.3, 0.4) is 0 Å². The minimum Gasteiger partial charge on any atom is -0.507 e. The summed E-state index contributed by atoms with van der Waals surface area (Å²) in [4.78, 5) is 10.4. The molecule has 0 aliphatic rings. The molecule has 0 bridgehead atoms. The lowest BCUT2D eigenvalue weighted by molar-refractivity contribution is 0.112. The van der Waals surface area contributed by atoms with Gasteiger partial charge in [-0.15, -0.1) is 11.6 Å². The third-order valence-corrected chi connectivity index (χ3v) is 1.76. The monoisotopic (exact) mass is 196 g/mol. The van der Waals surface area contributed by atoms with Crippen molar-refractivity contribution in [3.63, 3.8) is 0 Å². The number of carbonyl (C=O) groups excluding carboxylic acids is 1. The van der Waals surface area contributed by atoms with Crippen LogP contribution in [0.2, 0.25) is 0 Å². The number of allylic oxidation sites excluding steroid dienone is 1. The van der Waals surface area contributed by atoms with Crippen molar-refractivity contribution >= 4 is 24.0 Å². The van der Waals surface area contributed by atoms with Gasteiger partial charge in [0.25, 0.3) is 0 Å². The number of benzene rings is 1. The number of aromatic hydroxyl groups is 1. The van der Waals surface area contributed by atoms with Gasteiger partial charge in [0.1, 0.15) is 5.75 Å². The number of hydrogen-bond donors (Lipinski definition) is 1. The molecule has 1 rings (SSSR count). The summed E-state index contributed by atoms with van der Waals surface area (Å²) in [6.45, 7) is 0. The van der Waals surface area contributed by atoms with Crippen LogP contribution in [0, 0.1) is 0 Å². The SMILES string of the molecule is O=Cc1ccc(C=CCCl)cc1O. The van der Waals surface area contributed by atoms with Gasteiger partial charge in [0.05, 0.1) is 5.56 Å². The molecule has 0 aliphatic carbocycles. The molecule has 0 saturated carbocycles. The van der Waals surface area contributed by atoms with Gasteiger partial charge in [0.2, 0.25) is 0 Å². The zero-order valence-electron chi connectivity index (χ0n) is 6.90. The Balaban J connectivity index is 2.95. The first-order valence-corrected chi connectivity index (χ1v) is 4.32. The predicted octanol–water partition coefficient (Wildman–Crippen LogP) is 2.46. The largest absolute Gasteiger partial charge is 0.507 e. The van der Waals surface area contributed by atoms with E-state index >= 15 is 0 Å². The Morgan fingerprint density at radius 2 is 2.23 bits per heavy atom. The van der Waals surface area contributed by atoms with Gasteiger partial charge < -0.3 is 5.11 Å². The lowest BCUT2D eigenvalue weighted by Gasteiger charge is -1.97. The molecule has 0 radical (unpaired) electrons. The quantitative estimate of drug-likeness (QED) is 0.596. The maximum Gasteiger partial charge on any atom is 0.153 e. The van der Waals surface area contributed by atoms with Crippen LogP contribution in [0.15, 0.2) is 24.3 Å². The normalized spacial score (nSPS) is 10.5. The Morgan fingerprint density at radius 1 is 1.46 bits per heavy atom. The minimum absolute atomic E-state index is 0.00766. The first-order valence-electron chi connectivity index (χ1n) is 3.78. The summed E-state index contributed by atoms with van der Waals surface area (Å²) in [6.07, 6.45) is 4.16. The van der Waals surface area contributed by atoms with Crippen LogP contribution >= 0.6 is 11.6 Å². The van der Waals surface area contributed by atoms with E-state index in [1.807, 2.05) is 0 Å². The van der Waals surface area contributed by atoms with Crippen LogP contribution in [0.25, 0.3) is 6.08 Å². The minimum atomic E-state index is -0.00766. The standard InChI is InChI=1S/C10H9ClO2/c11-5-1-2-8-3-4-9(7-12)10(13)6-8/h1-4,6-7,13H,5H2. The van der Waals surface area contributed by atoms with Gasteiger partial charge in [0.15, 0.2) is 6.29 Å². The van der Waals surface area contributed by atoms with Crippen molar-refractivity contribution in [2.45, 2.75) is 0 Å². The van der Waals surface area contributed by atoms with E-state index in [2.05, 4.69) is 0 Å². The summed E-state index contributed by atoms with van der Waals surface area (Å²) in [5, 5.41) is 9.29. The Morgan fingerprint density at radius 3 is 2.77 bits per heavy atom. The second-order valence-corrected chi connectivity index (χ2v) is 2.80. The Bertz CT molecular complexity index is 332. The van der Waals surface area contributed by atoms with Crippen molar-refractivity contribution < 1.29 is 9.90 Å². The molecule has 0 fully saturated rings. The topological polar surface area (TPSA) is 37.3 Å². The summed E-state index contributed by atoms with van der Waals surface area (Å²) >= 11 is 5.44. The number of phenolic OH excluding ortho intramolecular Hbond substituents is 1. The first kappa shape index (κ1) is 9.81. The molecule has 13 heavy (non-hydrogen) atoms. The fourth-order valence-corrected chi connectivity index (χ4v) is 1.03. The zero-order valence-corrected chi connectivity index (χ0v) is 7.66. The van der Waals surface area contributed by atoms with Crippen molar-refractivity contribution in [2.24, 2.45) is 0 Å². The number of alkyl halides is 1. The number of halogens is 1. The fraction of sp³-hybridized carbons (Fsp3) is 0.100. The number of phenols is 1. The van der Waals surface area contributed by atoms with Gasteiger partial charge in [0, 0.05) is 5.88 Å². The van der Waals surface area contributed by atoms with Crippen LogP contribution in [0.4, 0.5) is 0 Å². The molecule has 68 valence electrons. The van der Waals surface area contributed by atoms with Crippen molar-refractivity contribution in [3.05, 3.63) is 35.4 Å². The van der Waals surface area contributed by atoms with Gasteiger partial charge in [-0.2, -0.15) is 0 Å². The molecule has 1 N–H and O–H groups in total. The second kappa shape index (κ2) is 4.67. The van der Waals surface area contributed by atoms with Crippen LogP contribution in [0.1, 0.15) is 15.9 Å². The number of rotatable bonds is 3. The number of aldehydes is 1. The molecule has 0 heterocycles. The van der Waals surface area contributed by atoms with Crippen LogP contribution in [0.5, 0.6) is 5.75 Å². The summed E-state index contributed by atoms with van der Waals surface area (Å²) in [7, 11) is 0. The Labute approximate surface area is 81.5 Å². The summed E-state index contributed by atoms with van der Waals surface area (Å²) < 4.78 is 0. The predicted molar refractivity (Wildman–Crippen MR) is 53.2 cm³/mol. The van der Waals surface area contributed by atoms with Crippen LogP contribution in [-0.2, 0) is 0 Å². The van der Waals surface area contributed by atoms with Gasteiger partial charge >= 0.3 is 0 Å². The maximum absolute atomic E-state index is 10.4. The third kappa shape index (κ3) is 2.60. The molecule has 0 spiro atoms. The first-order chi connectivity index (χ1) is 6.27. The van der Waals surface area contributed by atoms with E-state index in [9.17, 15) is 9.90 Å². The third-order valence-electron chi connectivity index (χ3n) is 1.58. The molecule has 0 aromatic heterocycles. The molecule has 0 unspecified atom stereocenters. The van der Waals surface area contributed by atoms with E-state index in [1.54, 1.807) is 24.3 Å². The number of hydrogen-bond acceptors (Lipinski definition) is 2. The lowest BCUT2D eigenvalue weighted by Crippen LogP contribution is -1.81. The van der Waals surface area contributed by atoms with E-state index in [0.29, 0.717) is 17.7 Å². The second-order valence-electron chi connectivity index (χ2n) is 2.49. The molecule has 2 nitrogen and oxygen atoms in total. The van der Waals surface area contributed by atoms with Gasteiger partial charge in [-0.25, -0.2) is 0 Å². The average Bonchev–Trinajstić information content (AvgIpc) is 2.15. The van der Waals surface area contributed by atoms with Crippen LogP contribution in [-0.4, -0.2) is 17.3 Å².